The molecule has 2 amide bonds. The Kier molecular flexibility index (Phi) is 8.14. The normalized spacial score (nSPS) is 11.6. The van der Waals surface area contributed by atoms with Gasteiger partial charge in [-0.2, -0.15) is 0 Å². The van der Waals surface area contributed by atoms with Gasteiger partial charge in [0.25, 0.3) is 0 Å². The number of rotatable bonds is 10. The molecule has 1 aromatic rings. The Morgan fingerprint density at radius 3 is 2.43 bits per heavy atom. The summed E-state index contributed by atoms with van der Waals surface area (Å²) in [6.07, 6.45) is 2.76. The van der Waals surface area contributed by atoms with Crippen molar-refractivity contribution in [2.45, 2.75) is 19.0 Å². The first kappa shape index (κ1) is 19.0. The third-order valence-corrected chi connectivity index (χ3v) is 3.60. The fourth-order valence-corrected chi connectivity index (χ4v) is 2.34. The number of nitrogens with zero attached hydrogens (tertiary/aromatic N) is 1. The van der Waals surface area contributed by atoms with E-state index in [0.717, 1.165) is 11.1 Å². The van der Waals surface area contributed by atoms with Gasteiger partial charge in [-0.25, -0.2) is 4.72 Å². The molecule has 23 heavy (non-hydrogen) atoms. The Labute approximate surface area is 139 Å². The topological polar surface area (TPSA) is 98.7 Å². The lowest BCUT2D eigenvalue weighted by Gasteiger charge is -2.13. The highest BCUT2D eigenvalue weighted by Crippen LogP contribution is 2.08. The molecule has 0 spiro atoms. The zero-order valence-corrected chi connectivity index (χ0v) is 13.9. The first-order valence-electron chi connectivity index (χ1n) is 6.97. The van der Waals surface area contributed by atoms with Crippen LogP contribution < -0.4 is 10.0 Å². The Bertz CT molecular complexity index is 536. The first-order valence-corrected chi connectivity index (χ1v) is 8.20. The predicted molar refractivity (Wildman–Crippen MR) is 88.8 cm³/mol. The van der Waals surface area contributed by atoms with E-state index < -0.39 is 12.0 Å². The summed E-state index contributed by atoms with van der Waals surface area (Å²) in [5, 5.41) is 11.8. The molecule has 126 valence electrons. The fraction of sp³-hybridized carbons (Fsp3) is 0.400. The maximum atomic E-state index is 11.6. The lowest BCUT2D eigenvalue weighted by molar-refractivity contribution is -0.138. The van der Waals surface area contributed by atoms with E-state index in [-0.39, 0.29) is 12.5 Å². The van der Waals surface area contributed by atoms with Crippen LogP contribution in [0.3, 0.4) is 0 Å². The van der Waals surface area contributed by atoms with Gasteiger partial charge in [0.05, 0.1) is 6.54 Å². The number of carbonyl (C=O) groups is 3. The number of benzene rings is 1. The van der Waals surface area contributed by atoms with E-state index in [4.69, 9.17) is 5.11 Å². The average Bonchev–Trinajstić information content (AvgIpc) is 2.53. The van der Waals surface area contributed by atoms with Crippen LogP contribution in [0.4, 0.5) is 0 Å². The lowest BCUT2D eigenvalue weighted by atomic mass is 10.0. The van der Waals surface area contributed by atoms with E-state index in [0.29, 0.717) is 19.4 Å². The summed E-state index contributed by atoms with van der Waals surface area (Å²) in [6.45, 7) is 0.374. The Balaban J connectivity index is 2.51. The number of hydrogen-bond donors (Lipinski definition) is 3. The molecule has 0 fully saturated rings. The number of nitrogens with one attached hydrogen (secondary N) is 2. The van der Waals surface area contributed by atoms with Crippen molar-refractivity contribution in [1.29, 1.82) is 0 Å². The Morgan fingerprint density at radius 1 is 1.30 bits per heavy atom. The summed E-state index contributed by atoms with van der Waals surface area (Å²) in [5.74, 6) is -1.13. The molecule has 0 saturated heterocycles. The van der Waals surface area contributed by atoms with Gasteiger partial charge in [-0.1, -0.05) is 36.2 Å². The van der Waals surface area contributed by atoms with Crippen LogP contribution in [0.2, 0.25) is 0 Å². The van der Waals surface area contributed by atoms with E-state index in [2.05, 4.69) is 10.0 Å². The highest BCUT2D eigenvalue weighted by molar-refractivity contribution is 7.96. The van der Waals surface area contributed by atoms with Crippen LogP contribution in [0.15, 0.2) is 24.3 Å². The molecule has 8 heteroatoms. The molecule has 7 nitrogen and oxygen atoms in total. The molecule has 1 aromatic carbocycles. The molecule has 0 saturated carbocycles. The summed E-state index contributed by atoms with van der Waals surface area (Å²) in [5.41, 5.74) is 1.80. The molecule has 1 rings (SSSR count). The molecule has 0 bridgehead atoms. The molecule has 0 aliphatic rings. The number of carboxylic acid groups (broad SMARTS) is 1. The van der Waals surface area contributed by atoms with Crippen molar-refractivity contribution in [1.82, 2.24) is 14.9 Å². The molecule has 0 aromatic heterocycles. The second-order valence-electron chi connectivity index (χ2n) is 5.03. The van der Waals surface area contributed by atoms with Crippen LogP contribution >= 0.6 is 11.9 Å². The number of likely N-dealkylation sites (N-methyl/N-ethyl adjacent to an activating group) is 1. The SMILES string of the molecule is CSNC(Cc1ccc(CNC(=O)CN(C)C=O)cc1)C(=O)O. The zero-order chi connectivity index (χ0) is 17.2. The van der Waals surface area contributed by atoms with Crippen molar-refractivity contribution < 1.29 is 19.5 Å². The molecule has 1 unspecified atom stereocenters. The van der Waals surface area contributed by atoms with Gasteiger partial charge >= 0.3 is 5.97 Å². The van der Waals surface area contributed by atoms with Crippen LogP contribution in [0.1, 0.15) is 11.1 Å². The Morgan fingerprint density at radius 2 is 1.91 bits per heavy atom. The van der Waals surface area contributed by atoms with E-state index in [9.17, 15) is 14.4 Å². The van der Waals surface area contributed by atoms with Crippen molar-refractivity contribution in [3.63, 3.8) is 0 Å². The minimum Gasteiger partial charge on any atom is -0.480 e. The monoisotopic (exact) mass is 339 g/mol. The van der Waals surface area contributed by atoms with Crippen molar-refractivity contribution in [2.75, 3.05) is 19.8 Å². The maximum absolute atomic E-state index is 11.6. The largest absolute Gasteiger partial charge is 0.480 e. The van der Waals surface area contributed by atoms with Crippen molar-refractivity contribution in [2.24, 2.45) is 0 Å². The highest BCUT2D eigenvalue weighted by atomic mass is 32.2. The van der Waals surface area contributed by atoms with Gasteiger partial charge in [0.1, 0.15) is 6.04 Å². The van der Waals surface area contributed by atoms with E-state index in [1.54, 1.807) is 6.26 Å². The van der Waals surface area contributed by atoms with Gasteiger partial charge < -0.3 is 15.3 Å². The van der Waals surface area contributed by atoms with Gasteiger partial charge in [-0.3, -0.25) is 14.4 Å². The summed E-state index contributed by atoms with van der Waals surface area (Å²) in [7, 11) is 1.53. The van der Waals surface area contributed by atoms with Crippen LogP contribution in [-0.4, -0.2) is 54.2 Å². The second kappa shape index (κ2) is 9.86. The molecule has 1 atom stereocenters. The minimum absolute atomic E-state index is 0.0161. The number of hydrogen-bond acceptors (Lipinski definition) is 5. The molecule has 0 aliphatic carbocycles. The van der Waals surface area contributed by atoms with Crippen LogP contribution in [0, 0.1) is 0 Å². The minimum atomic E-state index is -0.894. The molecule has 0 heterocycles. The van der Waals surface area contributed by atoms with Crippen molar-refractivity contribution in [3.8, 4) is 0 Å². The van der Waals surface area contributed by atoms with E-state index in [1.807, 2.05) is 24.3 Å². The maximum Gasteiger partial charge on any atom is 0.321 e. The van der Waals surface area contributed by atoms with E-state index in [1.165, 1.54) is 23.9 Å². The zero-order valence-electron chi connectivity index (χ0n) is 13.1. The predicted octanol–water partition coefficient (Wildman–Crippen LogP) is 0.254. The Hall–Kier alpha value is -2.06. The summed E-state index contributed by atoms with van der Waals surface area (Å²) in [4.78, 5) is 34.3. The number of amides is 2. The van der Waals surface area contributed by atoms with Gasteiger partial charge in [0, 0.05) is 13.6 Å². The van der Waals surface area contributed by atoms with Crippen LogP contribution in [0.5, 0.6) is 0 Å². The highest BCUT2D eigenvalue weighted by Gasteiger charge is 2.16. The molecular weight excluding hydrogens is 318 g/mol. The standard InChI is InChI=1S/C15H21N3O4S/c1-18(10-19)9-14(20)16-8-12-5-3-11(4-6-12)7-13(15(21)22)17-23-2/h3-6,10,13,17H,7-9H2,1-2H3,(H,16,20)(H,21,22). The number of carboxylic acids is 1. The third-order valence-electron chi connectivity index (χ3n) is 3.08. The van der Waals surface area contributed by atoms with E-state index >= 15 is 0 Å². The van der Waals surface area contributed by atoms with Gasteiger partial charge in [-0.15, -0.1) is 0 Å². The molecule has 0 radical (unpaired) electrons. The molecular formula is C15H21N3O4S. The summed E-state index contributed by atoms with van der Waals surface area (Å²) < 4.78 is 2.84. The quantitative estimate of drug-likeness (QED) is 0.418. The van der Waals surface area contributed by atoms with Crippen LogP contribution in [0.25, 0.3) is 0 Å². The summed E-state index contributed by atoms with van der Waals surface area (Å²) >= 11 is 1.27. The van der Waals surface area contributed by atoms with Gasteiger partial charge in [-0.05, 0) is 23.8 Å². The fourth-order valence-electron chi connectivity index (χ4n) is 1.87. The van der Waals surface area contributed by atoms with Gasteiger partial charge in [0.2, 0.25) is 12.3 Å². The first-order chi connectivity index (χ1) is 11.0. The second-order valence-corrected chi connectivity index (χ2v) is 5.67. The van der Waals surface area contributed by atoms with Crippen molar-refractivity contribution in [3.05, 3.63) is 35.4 Å². The van der Waals surface area contributed by atoms with Gasteiger partial charge in [0.15, 0.2) is 0 Å². The number of carbonyl (C=O) groups excluding carboxylic acids is 2. The number of aliphatic carboxylic acids is 1. The third kappa shape index (κ3) is 7.16. The van der Waals surface area contributed by atoms with Crippen molar-refractivity contribution >= 4 is 30.2 Å². The smallest absolute Gasteiger partial charge is 0.321 e. The molecule has 0 aliphatic heterocycles. The molecule has 3 N–H and O–H groups in total. The average molecular weight is 339 g/mol. The van der Waals surface area contributed by atoms with Crippen LogP contribution in [-0.2, 0) is 27.3 Å². The summed E-state index contributed by atoms with van der Waals surface area (Å²) in [6, 6.07) is 6.73. The lowest BCUT2D eigenvalue weighted by Crippen LogP contribution is -2.34.